The van der Waals surface area contributed by atoms with Gasteiger partial charge in [0.2, 0.25) is 0 Å². The molecular formula is C17H10N4O2S. The summed E-state index contributed by atoms with van der Waals surface area (Å²) in [6.07, 6.45) is 1.37. The van der Waals surface area contributed by atoms with Gasteiger partial charge in [0.15, 0.2) is 0 Å². The van der Waals surface area contributed by atoms with E-state index in [0.717, 1.165) is 0 Å². The van der Waals surface area contributed by atoms with Crippen LogP contribution in [0.1, 0.15) is 11.1 Å². The molecule has 0 aliphatic heterocycles. The van der Waals surface area contributed by atoms with Gasteiger partial charge in [0.05, 0.1) is 39.5 Å². The predicted octanol–water partition coefficient (Wildman–Crippen LogP) is 2.78. The van der Waals surface area contributed by atoms with Gasteiger partial charge in [-0.3, -0.25) is 9.71 Å². The first-order valence-corrected chi connectivity index (χ1v) is 8.34. The first-order chi connectivity index (χ1) is 11.5. The minimum absolute atomic E-state index is 0.0485. The van der Waals surface area contributed by atoms with E-state index in [1.54, 1.807) is 24.3 Å². The quantitative estimate of drug-likeness (QED) is 0.792. The average molecular weight is 334 g/mol. The topological polar surface area (TPSA) is 107 Å². The Morgan fingerprint density at radius 1 is 1.00 bits per heavy atom. The number of fused-ring (bicyclic) bond motifs is 1. The minimum Gasteiger partial charge on any atom is -0.278 e. The summed E-state index contributed by atoms with van der Waals surface area (Å²) in [4.78, 5) is 4.21. The molecule has 0 radical (unpaired) electrons. The number of benzene rings is 2. The van der Waals surface area contributed by atoms with E-state index < -0.39 is 10.0 Å². The largest absolute Gasteiger partial charge is 0.278 e. The molecule has 3 rings (SSSR count). The molecule has 1 aromatic heterocycles. The van der Waals surface area contributed by atoms with Crippen LogP contribution >= 0.6 is 0 Å². The van der Waals surface area contributed by atoms with Crippen LogP contribution in [0.25, 0.3) is 10.9 Å². The molecule has 0 aliphatic rings. The zero-order chi connectivity index (χ0) is 17.2. The molecule has 7 heteroatoms. The van der Waals surface area contributed by atoms with Gasteiger partial charge in [-0.15, -0.1) is 0 Å². The Morgan fingerprint density at radius 3 is 2.42 bits per heavy atom. The fourth-order valence-corrected chi connectivity index (χ4v) is 3.26. The van der Waals surface area contributed by atoms with Crippen molar-refractivity contribution in [2.45, 2.75) is 4.90 Å². The SMILES string of the molecule is N#Cc1ccc(S(=O)(=O)Nc2cnc3c(C#N)cccc3c2)cc1. The molecule has 0 fully saturated rings. The summed E-state index contributed by atoms with van der Waals surface area (Å²) >= 11 is 0. The summed E-state index contributed by atoms with van der Waals surface area (Å²) in [6.45, 7) is 0. The molecule has 24 heavy (non-hydrogen) atoms. The van der Waals surface area contributed by atoms with Gasteiger partial charge < -0.3 is 0 Å². The van der Waals surface area contributed by atoms with Crippen LogP contribution in [0.2, 0.25) is 0 Å². The first kappa shape index (κ1) is 15.5. The van der Waals surface area contributed by atoms with Crippen molar-refractivity contribution in [3.8, 4) is 12.1 Å². The molecule has 3 aromatic rings. The van der Waals surface area contributed by atoms with Crippen LogP contribution < -0.4 is 4.72 Å². The van der Waals surface area contributed by atoms with Crippen LogP contribution in [0.5, 0.6) is 0 Å². The Morgan fingerprint density at radius 2 is 1.75 bits per heavy atom. The Labute approximate surface area is 138 Å². The van der Waals surface area contributed by atoms with E-state index in [9.17, 15) is 8.42 Å². The van der Waals surface area contributed by atoms with E-state index in [0.29, 0.717) is 27.7 Å². The van der Waals surface area contributed by atoms with Gasteiger partial charge in [0.25, 0.3) is 10.0 Å². The average Bonchev–Trinajstić information content (AvgIpc) is 2.60. The van der Waals surface area contributed by atoms with Crippen molar-refractivity contribution in [3.63, 3.8) is 0 Å². The molecule has 2 aromatic carbocycles. The zero-order valence-corrected chi connectivity index (χ0v) is 13.1. The molecule has 0 spiro atoms. The lowest BCUT2D eigenvalue weighted by Gasteiger charge is -2.09. The smallest absolute Gasteiger partial charge is 0.261 e. The number of sulfonamides is 1. The maximum Gasteiger partial charge on any atom is 0.261 e. The van der Waals surface area contributed by atoms with Crippen molar-refractivity contribution in [1.29, 1.82) is 10.5 Å². The van der Waals surface area contributed by atoms with E-state index in [-0.39, 0.29) is 4.90 Å². The molecule has 0 saturated carbocycles. The number of nitrogens with one attached hydrogen (secondary N) is 1. The Balaban J connectivity index is 1.96. The highest BCUT2D eigenvalue weighted by Gasteiger charge is 2.15. The summed E-state index contributed by atoms with van der Waals surface area (Å²) < 4.78 is 27.2. The number of rotatable bonds is 3. The fourth-order valence-electron chi connectivity index (χ4n) is 2.23. The highest BCUT2D eigenvalue weighted by molar-refractivity contribution is 7.92. The zero-order valence-electron chi connectivity index (χ0n) is 12.3. The summed E-state index contributed by atoms with van der Waals surface area (Å²) in [5, 5.41) is 18.5. The van der Waals surface area contributed by atoms with Crippen LogP contribution in [0, 0.1) is 22.7 Å². The second-order valence-electron chi connectivity index (χ2n) is 4.95. The number of hydrogen-bond acceptors (Lipinski definition) is 5. The van der Waals surface area contributed by atoms with Gasteiger partial charge in [-0.25, -0.2) is 8.42 Å². The number of anilines is 1. The van der Waals surface area contributed by atoms with Crippen molar-refractivity contribution in [2.24, 2.45) is 0 Å². The monoisotopic (exact) mass is 334 g/mol. The molecule has 116 valence electrons. The molecule has 1 N–H and O–H groups in total. The van der Waals surface area contributed by atoms with E-state index in [1.807, 2.05) is 12.1 Å². The van der Waals surface area contributed by atoms with Gasteiger partial charge in [-0.05, 0) is 36.4 Å². The van der Waals surface area contributed by atoms with Gasteiger partial charge in [-0.1, -0.05) is 12.1 Å². The number of hydrogen-bond donors (Lipinski definition) is 1. The van der Waals surface area contributed by atoms with Crippen molar-refractivity contribution in [2.75, 3.05) is 4.72 Å². The van der Waals surface area contributed by atoms with Gasteiger partial charge in [0.1, 0.15) is 6.07 Å². The van der Waals surface area contributed by atoms with Crippen molar-refractivity contribution >= 4 is 26.6 Å². The highest BCUT2D eigenvalue weighted by atomic mass is 32.2. The molecule has 0 amide bonds. The Hall–Kier alpha value is -3.42. The number of nitriles is 2. The molecule has 0 aliphatic carbocycles. The van der Waals surface area contributed by atoms with Crippen LogP contribution in [-0.2, 0) is 10.0 Å². The lowest BCUT2D eigenvalue weighted by Crippen LogP contribution is -2.13. The Kier molecular flexibility index (Phi) is 3.87. The molecule has 0 bridgehead atoms. The molecule has 0 unspecified atom stereocenters. The normalized spacial score (nSPS) is 10.8. The molecule has 0 saturated heterocycles. The second-order valence-corrected chi connectivity index (χ2v) is 6.64. The van der Waals surface area contributed by atoms with E-state index >= 15 is 0 Å². The molecule has 1 heterocycles. The Bertz CT molecular complexity index is 1110. The van der Waals surface area contributed by atoms with E-state index in [2.05, 4.69) is 9.71 Å². The molecular weight excluding hydrogens is 324 g/mol. The predicted molar refractivity (Wildman–Crippen MR) is 88.4 cm³/mol. The lowest BCUT2D eigenvalue weighted by molar-refractivity contribution is 0.601. The maximum atomic E-state index is 12.4. The third-order valence-electron chi connectivity index (χ3n) is 3.38. The standard InChI is InChI=1S/C17H10N4O2S/c18-9-12-4-6-16(7-5-12)24(22,23)21-15-8-13-2-1-3-14(10-19)17(13)20-11-15/h1-8,11,21H. The van der Waals surface area contributed by atoms with E-state index in [4.69, 9.17) is 10.5 Å². The number of pyridine rings is 1. The van der Waals surface area contributed by atoms with Gasteiger partial charge in [-0.2, -0.15) is 10.5 Å². The third kappa shape index (κ3) is 2.89. The van der Waals surface area contributed by atoms with E-state index in [1.165, 1.54) is 30.5 Å². The van der Waals surface area contributed by atoms with Crippen LogP contribution in [0.15, 0.2) is 59.6 Å². The van der Waals surface area contributed by atoms with Crippen LogP contribution in [0.3, 0.4) is 0 Å². The number of para-hydroxylation sites is 1. The molecule has 0 atom stereocenters. The van der Waals surface area contributed by atoms with Crippen molar-refractivity contribution < 1.29 is 8.42 Å². The highest BCUT2D eigenvalue weighted by Crippen LogP contribution is 2.22. The molecule has 6 nitrogen and oxygen atoms in total. The van der Waals surface area contributed by atoms with Gasteiger partial charge >= 0.3 is 0 Å². The first-order valence-electron chi connectivity index (χ1n) is 6.85. The van der Waals surface area contributed by atoms with Crippen molar-refractivity contribution in [3.05, 3.63) is 65.9 Å². The maximum absolute atomic E-state index is 12.4. The third-order valence-corrected chi connectivity index (χ3v) is 4.77. The minimum atomic E-state index is -3.79. The van der Waals surface area contributed by atoms with Crippen LogP contribution in [0.4, 0.5) is 5.69 Å². The summed E-state index contributed by atoms with van der Waals surface area (Å²) in [7, 11) is -3.79. The number of nitrogens with zero attached hydrogens (tertiary/aromatic N) is 3. The number of aromatic nitrogens is 1. The second kappa shape index (κ2) is 5.99. The van der Waals surface area contributed by atoms with Crippen LogP contribution in [-0.4, -0.2) is 13.4 Å². The van der Waals surface area contributed by atoms with Gasteiger partial charge in [0, 0.05) is 5.39 Å². The summed E-state index contributed by atoms with van der Waals surface area (Å²) in [5.74, 6) is 0. The summed E-state index contributed by atoms with van der Waals surface area (Å²) in [6, 6.07) is 16.3. The van der Waals surface area contributed by atoms with Crippen molar-refractivity contribution in [1.82, 2.24) is 4.98 Å². The fraction of sp³-hybridized carbons (Fsp3) is 0. The lowest BCUT2D eigenvalue weighted by atomic mass is 10.1. The summed E-state index contributed by atoms with van der Waals surface area (Å²) in [5.41, 5.74) is 1.61.